The van der Waals surface area contributed by atoms with Crippen molar-refractivity contribution in [2.45, 2.75) is 45.7 Å². The Morgan fingerprint density at radius 1 is 1.26 bits per heavy atom. The van der Waals surface area contributed by atoms with Gasteiger partial charge in [-0.15, -0.1) is 0 Å². The highest BCUT2D eigenvalue weighted by Crippen LogP contribution is 2.15. The van der Waals surface area contributed by atoms with Crippen LogP contribution in [0.4, 0.5) is 0 Å². The van der Waals surface area contributed by atoms with Crippen LogP contribution < -0.4 is 11.2 Å². The summed E-state index contributed by atoms with van der Waals surface area (Å²) in [6.45, 7) is 5.99. The first-order chi connectivity index (χ1) is 9.00. The number of nitrogens with zero attached hydrogens (tertiary/aromatic N) is 2. The second-order valence-electron chi connectivity index (χ2n) is 5.26. The van der Waals surface area contributed by atoms with Gasteiger partial charge >= 0.3 is 5.69 Å². The third kappa shape index (κ3) is 2.89. The molecule has 1 aliphatic heterocycles. The van der Waals surface area contributed by atoms with E-state index in [-0.39, 0.29) is 17.5 Å². The number of rotatable bonds is 3. The van der Waals surface area contributed by atoms with Gasteiger partial charge in [0.2, 0.25) is 5.88 Å². The van der Waals surface area contributed by atoms with E-state index in [9.17, 15) is 14.7 Å². The van der Waals surface area contributed by atoms with Gasteiger partial charge in [0.05, 0.1) is 5.56 Å². The normalized spacial score (nSPS) is 18.4. The first-order valence-corrected chi connectivity index (χ1v) is 6.77. The Hall–Kier alpha value is -1.56. The van der Waals surface area contributed by atoms with E-state index in [2.05, 4.69) is 9.88 Å². The minimum atomic E-state index is -0.544. The van der Waals surface area contributed by atoms with E-state index in [0.717, 1.165) is 13.1 Å². The van der Waals surface area contributed by atoms with E-state index in [1.165, 1.54) is 30.8 Å². The number of H-pyrrole nitrogens is 1. The van der Waals surface area contributed by atoms with Crippen LogP contribution in [0, 0.1) is 6.92 Å². The molecule has 106 valence electrons. The van der Waals surface area contributed by atoms with Crippen molar-refractivity contribution in [3.05, 3.63) is 26.4 Å². The van der Waals surface area contributed by atoms with Gasteiger partial charge in [-0.2, -0.15) is 0 Å². The maximum atomic E-state index is 11.8. The molecule has 2 N–H and O–H groups in total. The number of aromatic hydroxyl groups is 1. The third-order valence-electron chi connectivity index (χ3n) is 3.86. The van der Waals surface area contributed by atoms with E-state index in [4.69, 9.17) is 0 Å². The fourth-order valence-electron chi connectivity index (χ4n) is 2.57. The lowest BCUT2D eigenvalue weighted by molar-refractivity contribution is 0.155. The number of nitrogens with one attached hydrogen (secondary N) is 1. The van der Waals surface area contributed by atoms with Crippen LogP contribution in [0.1, 0.15) is 31.7 Å². The lowest BCUT2D eigenvalue weighted by atomic mass is 10.1. The minimum Gasteiger partial charge on any atom is -0.494 e. The largest absolute Gasteiger partial charge is 0.494 e. The molecule has 1 aromatic heterocycles. The molecule has 1 fully saturated rings. The van der Waals surface area contributed by atoms with Crippen LogP contribution in [-0.4, -0.2) is 38.7 Å². The SMILES string of the molecule is Cc1c(O)n(CC(C)N2CCCCC2)c(=O)[nH]c1=O. The number of piperidine rings is 1. The van der Waals surface area contributed by atoms with E-state index >= 15 is 0 Å². The molecular formula is C13H21N3O3. The summed E-state index contributed by atoms with van der Waals surface area (Å²) >= 11 is 0. The lowest BCUT2D eigenvalue weighted by Gasteiger charge is -2.32. The number of hydrogen-bond acceptors (Lipinski definition) is 4. The molecule has 1 aromatic rings. The van der Waals surface area contributed by atoms with Crippen molar-refractivity contribution in [1.82, 2.24) is 14.5 Å². The highest BCUT2D eigenvalue weighted by molar-refractivity contribution is 5.20. The van der Waals surface area contributed by atoms with Gasteiger partial charge in [-0.1, -0.05) is 6.42 Å². The summed E-state index contributed by atoms with van der Waals surface area (Å²) in [7, 11) is 0. The molecule has 0 aliphatic carbocycles. The van der Waals surface area contributed by atoms with Crippen LogP contribution in [0.2, 0.25) is 0 Å². The van der Waals surface area contributed by atoms with Crippen molar-refractivity contribution >= 4 is 0 Å². The standard InChI is InChI=1S/C13H21N3O3/c1-9(15-6-4-3-5-7-15)8-16-12(18)10(2)11(17)14-13(16)19/h9,18H,3-8H2,1-2H3,(H,14,17,19). The van der Waals surface area contributed by atoms with Crippen LogP contribution in [0.3, 0.4) is 0 Å². The molecule has 1 unspecified atom stereocenters. The topological polar surface area (TPSA) is 78.3 Å². The molecule has 1 atom stereocenters. The summed E-state index contributed by atoms with van der Waals surface area (Å²) in [6.07, 6.45) is 3.61. The maximum Gasteiger partial charge on any atom is 0.331 e. The zero-order valence-electron chi connectivity index (χ0n) is 11.5. The summed E-state index contributed by atoms with van der Waals surface area (Å²) in [5.74, 6) is -0.224. The molecule has 1 saturated heterocycles. The van der Waals surface area contributed by atoms with Gasteiger partial charge in [0.25, 0.3) is 5.56 Å². The Morgan fingerprint density at radius 3 is 2.53 bits per heavy atom. The van der Waals surface area contributed by atoms with Gasteiger partial charge in [-0.25, -0.2) is 4.79 Å². The highest BCUT2D eigenvalue weighted by Gasteiger charge is 2.19. The number of hydrogen-bond donors (Lipinski definition) is 2. The summed E-state index contributed by atoms with van der Waals surface area (Å²) in [6, 6.07) is 0.161. The first-order valence-electron chi connectivity index (χ1n) is 6.77. The molecule has 2 heterocycles. The molecule has 0 bridgehead atoms. The zero-order chi connectivity index (χ0) is 14.0. The Kier molecular flexibility index (Phi) is 4.09. The highest BCUT2D eigenvalue weighted by atomic mass is 16.3. The predicted molar refractivity (Wildman–Crippen MR) is 72.6 cm³/mol. The van der Waals surface area contributed by atoms with Crippen molar-refractivity contribution in [3.8, 4) is 5.88 Å². The van der Waals surface area contributed by atoms with Gasteiger partial charge in [0.15, 0.2) is 0 Å². The summed E-state index contributed by atoms with van der Waals surface area (Å²) in [5, 5.41) is 9.93. The molecule has 19 heavy (non-hydrogen) atoms. The summed E-state index contributed by atoms with van der Waals surface area (Å²) in [4.78, 5) is 27.7. The molecule has 0 radical (unpaired) electrons. The Labute approximate surface area is 111 Å². The lowest BCUT2D eigenvalue weighted by Crippen LogP contribution is -2.42. The molecule has 1 aliphatic rings. The second-order valence-corrected chi connectivity index (χ2v) is 5.26. The molecule has 0 aromatic carbocycles. The zero-order valence-corrected chi connectivity index (χ0v) is 11.5. The van der Waals surface area contributed by atoms with Crippen LogP contribution in [0.15, 0.2) is 9.59 Å². The van der Waals surface area contributed by atoms with Gasteiger partial charge < -0.3 is 5.11 Å². The molecular weight excluding hydrogens is 246 g/mol. The Morgan fingerprint density at radius 2 is 1.89 bits per heavy atom. The molecule has 6 nitrogen and oxygen atoms in total. The quantitative estimate of drug-likeness (QED) is 0.832. The van der Waals surface area contributed by atoms with E-state index in [0.29, 0.717) is 6.54 Å². The Bertz CT molecular complexity index is 555. The van der Waals surface area contributed by atoms with Crippen LogP contribution >= 0.6 is 0 Å². The van der Waals surface area contributed by atoms with Crippen molar-refractivity contribution in [2.24, 2.45) is 0 Å². The molecule has 0 saturated carbocycles. The summed E-state index contributed by atoms with van der Waals surface area (Å²) < 4.78 is 1.25. The smallest absolute Gasteiger partial charge is 0.331 e. The number of likely N-dealkylation sites (tertiary alicyclic amines) is 1. The van der Waals surface area contributed by atoms with E-state index < -0.39 is 11.2 Å². The van der Waals surface area contributed by atoms with Gasteiger partial charge in [-0.05, 0) is 39.8 Å². The average molecular weight is 267 g/mol. The van der Waals surface area contributed by atoms with Crippen molar-refractivity contribution in [3.63, 3.8) is 0 Å². The monoisotopic (exact) mass is 267 g/mol. The van der Waals surface area contributed by atoms with Crippen LogP contribution in [0.25, 0.3) is 0 Å². The molecule has 6 heteroatoms. The van der Waals surface area contributed by atoms with Crippen molar-refractivity contribution in [1.29, 1.82) is 0 Å². The van der Waals surface area contributed by atoms with Crippen molar-refractivity contribution < 1.29 is 5.11 Å². The number of aromatic nitrogens is 2. The van der Waals surface area contributed by atoms with E-state index in [1.54, 1.807) is 0 Å². The molecule has 0 amide bonds. The summed E-state index contributed by atoms with van der Waals surface area (Å²) in [5.41, 5.74) is -0.883. The van der Waals surface area contributed by atoms with Crippen molar-refractivity contribution in [2.75, 3.05) is 13.1 Å². The predicted octanol–water partition coefficient (Wildman–Crippen LogP) is 0.425. The third-order valence-corrected chi connectivity index (χ3v) is 3.86. The van der Waals surface area contributed by atoms with Crippen LogP contribution in [0.5, 0.6) is 5.88 Å². The molecule has 2 rings (SSSR count). The Balaban J connectivity index is 2.21. The maximum absolute atomic E-state index is 11.8. The van der Waals surface area contributed by atoms with Crippen LogP contribution in [-0.2, 0) is 6.54 Å². The minimum absolute atomic E-state index is 0.161. The van der Waals surface area contributed by atoms with Gasteiger partial charge in [-0.3, -0.25) is 19.2 Å². The number of aromatic amines is 1. The first kappa shape index (κ1) is 13.9. The second kappa shape index (κ2) is 5.61. The van der Waals surface area contributed by atoms with Gasteiger partial charge in [0, 0.05) is 12.6 Å². The fraction of sp³-hybridized carbons (Fsp3) is 0.692. The van der Waals surface area contributed by atoms with Gasteiger partial charge in [0.1, 0.15) is 0 Å². The fourth-order valence-corrected chi connectivity index (χ4v) is 2.57. The molecule has 0 spiro atoms. The average Bonchev–Trinajstić information content (AvgIpc) is 2.42. The van der Waals surface area contributed by atoms with E-state index in [1.807, 2.05) is 6.92 Å².